The Morgan fingerprint density at radius 3 is 2.75 bits per heavy atom. The van der Waals surface area contributed by atoms with E-state index in [1.54, 1.807) is 10.9 Å². The van der Waals surface area contributed by atoms with Crippen LogP contribution in [0.25, 0.3) is 10.2 Å². The highest BCUT2D eigenvalue weighted by Gasteiger charge is 2.19. The second-order valence-electron chi connectivity index (χ2n) is 6.93. The van der Waals surface area contributed by atoms with E-state index in [2.05, 4.69) is 10.3 Å². The van der Waals surface area contributed by atoms with Gasteiger partial charge in [0.25, 0.3) is 11.5 Å². The van der Waals surface area contributed by atoms with Crippen molar-refractivity contribution in [1.29, 1.82) is 0 Å². The van der Waals surface area contributed by atoms with Gasteiger partial charge in [-0.2, -0.15) is 0 Å². The Labute approximate surface area is 168 Å². The van der Waals surface area contributed by atoms with Crippen molar-refractivity contribution >= 4 is 27.5 Å². The predicted molar refractivity (Wildman–Crippen MR) is 112 cm³/mol. The third-order valence-electron chi connectivity index (χ3n) is 4.38. The zero-order valence-corrected chi connectivity index (χ0v) is 17.2. The quantitative estimate of drug-likeness (QED) is 0.590. The Morgan fingerprint density at radius 1 is 1.29 bits per heavy atom. The first-order valence-electron chi connectivity index (χ1n) is 9.39. The number of hydrogen-bond donors (Lipinski definition) is 1. The van der Waals surface area contributed by atoms with Gasteiger partial charge in [0.15, 0.2) is 0 Å². The molecule has 1 amide bonds. The third-order valence-corrected chi connectivity index (χ3v) is 5.58. The van der Waals surface area contributed by atoms with Crippen LogP contribution in [0.2, 0.25) is 0 Å². The van der Waals surface area contributed by atoms with Gasteiger partial charge in [-0.3, -0.25) is 14.2 Å². The highest BCUT2D eigenvalue weighted by Crippen LogP contribution is 2.26. The zero-order valence-electron chi connectivity index (χ0n) is 16.4. The Morgan fingerprint density at radius 2 is 2.04 bits per heavy atom. The van der Waals surface area contributed by atoms with E-state index >= 15 is 0 Å². The number of aromatic nitrogens is 2. The number of amides is 1. The minimum Gasteiger partial charge on any atom is -0.379 e. The monoisotopic (exact) mass is 399 g/mol. The summed E-state index contributed by atoms with van der Waals surface area (Å²) in [6.07, 6.45) is 2.49. The average molecular weight is 400 g/mol. The smallest absolute Gasteiger partial charge is 0.262 e. The average Bonchev–Trinajstić information content (AvgIpc) is 3.01. The maximum Gasteiger partial charge on any atom is 0.262 e. The van der Waals surface area contributed by atoms with Crippen LogP contribution in [0, 0.1) is 6.92 Å². The molecule has 1 N–H and O–H groups in total. The van der Waals surface area contributed by atoms with Gasteiger partial charge in [-0.1, -0.05) is 30.3 Å². The second-order valence-corrected chi connectivity index (χ2v) is 7.93. The van der Waals surface area contributed by atoms with Crippen LogP contribution in [-0.4, -0.2) is 34.7 Å². The maximum absolute atomic E-state index is 12.9. The summed E-state index contributed by atoms with van der Waals surface area (Å²) in [5, 5.41) is 3.43. The molecule has 7 heteroatoms. The summed E-state index contributed by atoms with van der Waals surface area (Å²) in [4.78, 5) is 31.0. The van der Waals surface area contributed by atoms with Crippen LogP contribution >= 0.6 is 11.3 Å². The van der Waals surface area contributed by atoms with E-state index in [0.717, 1.165) is 12.0 Å². The number of thiophene rings is 1. The summed E-state index contributed by atoms with van der Waals surface area (Å²) >= 11 is 1.26. The van der Waals surface area contributed by atoms with E-state index < -0.39 is 0 Å². The van der Waals surface area contributed by atoms with Crippen LogP contribution in [0.3, 0.4) is 0 Å². The molecule has 0 radical (unpaired) electrons. The van der Waals surface area contributed by atoms with Crippen molar-refractivity contribution < 1.29 is 9.53 Å². The summed E-state index contributed by atoms with van der Waals surface area (Å²) in [5.41, 5.74) is 1.60. The molecule has 0 aliphatic heterocycles. The molecule has 2 heterocycles. The molecule has 3 aromatic rings. The molecule has 0 saturated heterocycles. The van der Waals surface area contributed by atoms with E-state index in [0.29, 0.717) is 40.4 Å². The van der Waals surface area contributed by atoms with Gasteiger partial charge in [-0.15, -0.1) is 11.3 Å². The lowest BCUT2D eigenvalue weighted by atomic mass is 10.2. The van der Waals surface area contributed by atoms with Gasteiger partial charge in [0.2, 0.25) is 0 Å². The fourth-order valence-corrected chi connectivity index (χ4v) is 4.00. The van der Waals surface area contributed by atoms with Gasteiger partial charge in [-0.25, -0.2) is 4.98 Å². The highest BCUT2D eigenvalue weighted by atomic mass is 32.1. The lowest BCUT2D eigenvalue weighted by Crippen LogP contribution is -2.25. The first kappa shape index (κ1) is 20.2. The van der Waals surface area contributed by atoms with Crippen molar-refractivity contribution in [2.45, 2.75) is 39.8 Å². The number of rotatable bonds is 8. The van der Waals surface area contributed by atoms with E-state index in [1.807, 2.05) is 51.1 Å². The lowest BCUT2D eigenvalue weighted by Gasteiger charge is -2.08. The number of ether oxygens (including phenoxy) is 1. The van der Waals surface area contributed by atoms with Crippen molar-refractivity contribution in [3.63, 3.8) is 0 Å². The van der Waals surface area contributed by atoms with E-state index in [-0.39, 0.29) is 17.6 Å². The van der Waals surface area contributed by atoms with Gasteiger partial charge in [0.05, 0.1) is 29.2 Å². The number of hydrogen-bond acceptors (Lipinski definition) is 5. The number of benzene rings is 1. The van der Waals surface area contributed by atoms with Crippen LogP contribution < -0.4 is 10.9 Å². The molecule has 0 bridgehead atoms. The molecule has 0 aliphatic rings. The Bertz CT molecular complexity index is 1010. The molecule has 0 atom stereocenters. The number of carbonyl (C=O) groups excluding carboxylic acids is 1. The van der Waals surface area contributed by atoms with Gasteiger partial charge < -0.3 is 10.1 Å². The van der Waals surface area contributed by atoms with Gasteiger partial charge >= 0.3 is 0 Å². The normalized spacial score (nSPS) is 11.3. The molecule has 0 spiro atoms. The molecule has 0 unspecified atom stereocenters. The number of carbonyl (C=O) groups is 1. The summed E-state index contributed by atoms with van der Waals surface area (Å²) < 4.78 is 7.06. The predicted octanol–water partition coefficient (Wildman–Crippen LogP) is 3.36. The van der Waals surface area contributed by atoms with Crippen molar-refractivity contribution in [1.82, 2.24) is 14.9 Å². The molecule has 0 saturated carbocycles. The molecular weight excluding hydrogens is 374 g/mol. The lowest BCUT2D eigenvalue weighted by molar-refractivity contribution is 0.0757. The molecule has 3 rings (SSSR count). The Kier molecular flexibility index (Phi) is 6.59. The Balaban J connectivity index is 1.76. The molecule has 6 nitrogen and oxygen atoms in total. The van der Waals surface area contributed by atoms with Crippen molar-refractivity contribution in [3.8, 4) is 0 Å². The first-order valence-corrected chi connectivity index (χ1v) is 10.2. The molecular formula is C21H25N3O3S. The highest BCUT2D eigenvalue weighted by molar-refractivity contribution is 7.20. The molecule has 28 heavy (non-hydrogen) atoms. The minimum absolute atomic E-state index is 0.119. The van der Waals surface area contributed by atoms with E-state index in [1.165, 1.54) is 11.3 Å². The molecule has 0 fully saturated rings. The van der Waals surface area contributed by atoms with Crippen molar-refractivity contribution in [2.24, 2.45) is 0 Å². The number of aryl methyl sites for hydroxylation is 1. The molecule has 0 aliphatic carbocycles. The van der Waals surface area contributed by atoms with Gasteiger partial charge in [0.1, 0.15) is 4.83 Å². The molecule has 2 aromatic heterocycles. The second kappa shape index (κ2) is 9.12. The van der Waals surface area contributed by atoms with E-state index in [9.17, 15) is 9.59 Å². The SMILES string of the molecule is Cc1c(C(=O)NCCCOC(C)C)sc2ncn(Cc3ccccc3)c(=O)c12. The summed E-state index contributed by atoms with van der Waals surface area (Å²) in [6.45, 7) is 7.37. The van der Waals surface area contributed by atoms with Crippen LogP contribution in [-0.2, 0) is 11.3 Å². The van der Waals surface area contributed by atoms with Crippen LogP contribution in [0.5, 0.6) is 0 Å². The molecule has 148 valence electrons. The fraction of sp³-hybridized carbons (Fsp3) is 0.381. The van der Waals surface area contributed by atoms with E-state index in [4.69, 9.17) is 4.74 Å². The van der Waals surface area contributed by atoms with Crippen LogP contribution in [0.1, 0.15) is 41.1 Å². The van der Waals surface area contributed by atoms with Gasteiger partial charge in [-0.05, 0) is 38.3 Å². The largest absolute Gasteiger partial charge is 0.379 e. The van der Waals surface area contributed by atoms with Crippen molar-refractivity contribution in [2.75, 3.05) is 13.2 Å². The van der Waals surface area contributed by atoms with Crippen molar-refractivity contribution in [3.05, 3.63) is 63.0 Å². The van der Waals surface area contributed by atoms with Gasteiger partial charge in [0, 0.05) is 13.2 Å². The topological polar surface area (TPSA) is 73.2 Å². The summed E-state index contributed by atoms with van der Waals surface area (Å²) in [6, 6.07) is 9.77. The Hall–Kier alpha value is -2.51. The maximum atomic E-state index is 12.9. The molecule has 1 aromatic carbocycles. The summed E-state index contributed by atoms with van der Waals surface area (Å²) in [5.74, 6) is -0.168. The zero-order chi connectivity index (χ0) is 20.1. The number of nitrogens with one attached hydrogen (secondary N) is 1. The number of nitrogens with zero attached hydrogens (tertiary/aromatic N) is 2. The third kappa shape index (κ3) is 4.66. The first-order chi connectivity index (χ1) is 13.5. The van der Waals surface area contributed by atoms with Crippen LogP contribution in [0.15, 0.2) is 41.5 Å². The minimum atomic E-state index is -0.168. The van der Waals surface area contributed by atoms with Crippen LogP contribution in [0.4, 0.5) is 0 Å². The number of fused-ring (bicyclic) bond motifs is 1. The standard InChI is InChI=1S/C21H25N3O3S/c1-14(2)27-11-7-10-22-19(25)18-15(3)17-20(28-18)23-13-24(21(17)26)12-16-8-5-4-6-9-16/h4-6,8-9,13-14H,7,10-12H2,1-3H3,(H,22,25). The summed E-state index contributed by atoms with van der Waals surface area (Å²) in [7, 11) is 0. The fourth-order valence-electron chi connectivity index (χ4n) is 2.94.